The van der Waals surface area contributed by atoms with Crippen molar-refractivity contribution in [3.05, 3.63) is 59.3 Å². The lowest BCUT2D eigenvalue weighted by molar-refractivity contribution is 0.251. The maximum absolute atomic E-state index is 9.50. The van der Waals surface area contributed by atoms with Crippen LogP contribution in [0.3, 0.4) is 0 Å². The average Bonchev–Trinajstić information content (AvgIpc) is 2.70. The first-order valence-electron chi connectivity index (χ1n) is 10.3. The van der Waals surface area contributed by atoms with Crippen LogP contribution in [0.4, 0.5) is 0 Å². The quantitative estimate of drug-likeness (QED) is 0.380. The van der Waals surface area contributed by atoms with Gasteiger partial charge in [-0.05, 0) is 59.1 Å². The van der Waals surface area contributed by atoms with E-state index in [1.807, 2.05) is 80.5 Å². The van der Waals surface area contributed by atoms with Crippen molar-refractivity contribution in [3.63, 3.8) is 0 Å². The Kier molecular flexibility index (Phi) is 43.2. The second kappa shape index (κ2) is 31.4. The van der Waals surface area contributed by atoms with Gasteiger partial charge in [-0.2, -0.15) is 0 Å². The lowest BCUT2D eigenvalue weighted by Crippen LogP contribution is -2.09. The summed E-state index contributed by atoms with van der Waals surface area (Å²) in [6, 6.07) is 0. The van der Waals surface area contributed by atoms with Crippen molar-refractivity contribution < 1.29 is 5.11 Å². The van der Waals surface area contributed by atoms with Crippen molar-refractivity contribution in [1.29, 1.82) is 0 Å². The molecule has 0 bridgehead atoms. The van der Waals surface area contributed by atoms with Crippen LogP contribution in [-0.2, 0) is 0 Å². The van der Waals surface area contributed by atoms with Crippen molar-refractivity contribution in [1.82, 2.24) is 0 Å². The Bertz CT molecular complexity index is 392. The van der Waals surface area contributed by atoms with Crippen LogP contribution in [-0.4, -0.2) is 11.2 Å². The Labute approximate surface area is 167 Å². The van der Waals surface area contributed by atoms with Crippen LogP contribution in [0.25, 0.3) is 0 Å². The Balaban J connectivity index is -0.0000000884. The molecule has 0 aliphatic heterocycles. The van der Waals surface area contributed by atoms with Crippen molar-refractivity contribution in [2.24, 2.45) is 0 Å². The zero-order valence-electron chi connectivity index (χ0n) is 20.3. The molecule has 1 N–H and O–H groups in total. The van der Waals surface area contributed by atoms with Gasteiger partial charge < -0.3 is 5.11 Å². The highest BCUT2D eigenvalue weighted by Crippen LogP contribution is 2.11. The van der Waals surface area contributed by atoms with Crippen LogP contribution in [0.15, 0.2) is 59.3 Å². The number of allylic oxidation sites excluding steroid dienone is 6. The van der Waals surface area contributed by atoms with E-state index in [1.54, 1.807) is 0 Å². The van der Waals surface area contributed by atoms with Gasteiger partial charge in [0, 0.05) is 0 Å². The highest BCUT2D eigenvalue weighted by atomic mass is 16.3. The normalized spacial score (nSPS) is 12.2. The van der Waals surface area contributed by atoms with Crippen molar-refractivity contribution in [2.45, 2.75) is 103 Å². The highest BCUT2D eigenvalue weighted by molar-refractivity contribution is 5.28. The topological polar surface area (TPSA) is 20.2 Å². The van der Waals surface area contributed by atoms with E-state index in [0.29, 0.717) is 0 Å². The molecule has 0 aliphatic rings. The van der Waals surface area contributed by atoms with Gasteiger partial charge in [-0.25, -0.2) is 0 Å². The lowest BCUT2D eigenvalue weighted by atomic mass is 10.0. The van der Waals surface area contributed by atoms with E-state index in [4.69, 9.17) is 0 Å². The Hall–Kier alpha value is -1.34. The van der Waals surface area contributed by atoms with Gasteiger partial charge in [0.25, 0.3) is 0 Å². The van der Waals surface area contributed by atoms with E-state index in [2.05, 4.69) is 46.4 Å². The first kappa shape index (κ1) is 35.7. The summed E-state index contributed by atoms with van der Waals surface area (Å²) in [7, 11) is 0. The van der Waals surface area contributed by atoms with Gasteiger partial charge in [0.1, 0.15) is 0 Å². The summed E-state index contributed by atoms with van der Waals surface area (Å²) in [5.74, 6) is 0. The number of hydrogen-bond donors (Lipinski definition) is 1. The summed E-state index contributed by atoms with van der Waals surface area (Å²) in [5.41, 5.74) is 4.47. The monoisotopic (exact) mass is 366 g/mol. The summed E-state index contributed by atoms with van der Waals surface area (Å²) in [6.07, 6.45) is 10.7. The molecule has 0 spiro atoms. The molecule has 1 nitrogen and oxygen atoms in total. The predicted molar refractivity (Wildman–Crippen MR) is 127 cm³/mol. The maximum atomic E-state index is 9.50. The van der Waals surface area contributed by atoms with Crippen molar-refractivity contribution >= 4 is 0 Å². The number of aliphatic hydroxyl groups excluding tert-OH is 1. The Morgan fingerprint density at radius 1 is 0.846 bits per heavy atom. The standard InChI is InChI=1S/C10H16O.C9H16.3C2H6/c1-5-7-9(6-2)10(11)8(3)4;1-5-7-9(4)8(3)6-2;3*1-2/h5-7,10-11H,3H2,1-2,4H3;6-7H,5H2,1-4H3;3*1-2H3/b7-5-,9-6+;8-6-,9-7-;;;. The van der Waals surface area contributed by atoms with Gasteiger partial charge in [-0.3, -0.25) is 0 Å². The van der Waals surface area contributed by atoms with E-state index < -0.39 is 6.10 Å². The molecule has 1 unspecified atom stereocenters. The van der Waals surface area contributed by atoms with E-state index in [1.165, 1.54) is 11.1 Å². The third kappa shape index (κ3) is 24.9. The van der Waals surface area contributed by atoms with Gasteiger partial charge >= 0.3 is 0 Å². The second-order valence-electron chi connectivity index (χ2n) is 4.80. The van der Waals surface area contributed by atoms with E-state index in [9.17, 15) is 5.11 Å². The Morgan fingerprint density at radius 2 is 1.27 bits per heavy atom. The lowest BCUT2D eigenvalue weighted by Gasteiger charge is -2.10. The minimum Gasteiger partial charge on any atom is -0.384 e. The molecule has 0 aromatic carbocycles. The largest absolute Gasteiger partial charge is 0.384 e. The maximum Gasteiger partial charge on any atom is 0.0992 e. The third-order valence-corrected chi connectivity index (χ3v) is 3.04. The molecular weight excluding hydrogens is 316 g/mol. The van der Waals surface area contributed by atoms with Crippen molar-refractivity contribution in [3.8, 4) is 0 Å². The summed E-state index contributed by atoms with van der Waals surface area (Å²) < 4.78 is 0. The van der Waals surface area contributed by atoms with Gasteiger partial charge in [0.2, 0.25) is 0 Å². The highest BCUT2D eigenvalue weighted by Gasteiger charge is 2.06. The second-order valence-corrected chi connectivity index (χ2v) is 4.80. The fourth-order valence-electron chi connectivity index (χ4n) is 1.52. The third-order valence-electron chi connectivity index (χ3n) is 3.04. The minimum absolute atomic E-state index is 0.517. The first-order valence-corrected chi connectivity index (χ1v) is 10.3. The predicted octanol–water partition coefficient (Wildman–Crippen LogP) is 8.83. The molecule has 1 heteroatoms. The number of hydrogen-bond acceptors (Lipinski definition) is 1. The van der Waals surface area contributed by atoms with Gasteiger partial charge in [0.15, 0.2) is 0 Å². The van der Waals surface area contributed by atoms with Gasteiger partial charge in [0.05, 0.1) is 6.10 Å². The van der Waals surface area contributed by atoms with Crippen LogP contribution in [0.2, 0.25) is 0 Å². The molecular formula is C25H50O. The smallest absolute Gasteiger partial charge is 0.0992 e. The zero-order chi connectivity index (χ0) is 22.1. The molecule has 0 saturated heterocycles. The van der Waals surface area contributed by atoms with Crippen LogP contribution < -0.4 is 0 Å². The summed E-state index contributed by atoms with van der Waals surface area (Å²) in [5, 5.41) is 9.50. The summed E-state index contributed by atoms with van der Waals surface area (Å²) in [6.45, 7) is 29.9. The molecule has 0 rings (SSSR count). The molecule has 156 valence electrons. The van der Waals surface area contributed by atoms with Crippen molar-refractivity contribution in [2.75, 3.05) is 0 Å². The zero-order valence-corrected chi connectivity index (χ0v) is 20.3. The molecule has 0 amide bonds. The van der Waals surface area contributed by atoms with E-state index in [-0.39, 0.29) is 0 Å². The van der Waals surface area contributed by atoms with Crippen LogP contribution in [0.1, 0.15) is 96.4 Å². The van der Waals surface area contributed by atoms with Gasteiger partial charge in [-0.1, -0.05) is 96.6 Å². The van der Waals surface area contributed by atoms with Crippen LogP contribution >= 0.6 is 0 Å². The minimum atomic E-state index is -0.517. The molecule has 0 fully saturated rings. The fraction of sp³-hybridized carbons (Fsp3) is 0.600. The number of aliphatic hydroxyl groups is 1. The van der Waals surface area contributed by atoms with Gasteiger partial charge in [-0.15, -0.1) is 0 Å². The number of rotatable bonds is 5. The molecule has 0 heterocycles. The molecule has 26 heavy (non-hydrogen) atoms. The molecule has 0 saturated carbocycles. The van der Waals surface area contributed by atoms with E-state index in [0.717, 1.165) is 17.6 Å². The molecule has 0 radical (unpaired) electrons. The Morgan fingerprint density at radius 3 is 1.50 bits per heavy atom. The molecule has 0 aliphatic carbocycles. The average molecular weight is 367 g/mol. The SMILES string of the molecule is C/C=C(C)\C(C)=C/CC.C=C(C)C(O)C(/C=C\C)=C/C.CC.CC.CC. The fourth-order valence-corrected chi connectivity index (χ4v) is 1.52. The summed E-state index contributed by atoms with van der Waals surface area (Å²) >= 11 is 0. The molecule has 1 atom stereocenters. The van der Waals surface area contributed by atoms with Crippen LogP contribution in [0.5, 0.6) is 0 Å². The summed E-state index contributed by atoms with van der Waals surface area (Å²) in [4.78, 5) is 0. The first-order chi connectivity index (χ1) is 12.3. The van der Waals surface area contributed by atoms with Crippen LogP contribution in [0, 0.1) is 0 Å². The molecule has 0 aromatic heterocycles. The molecule has 0 aromatic rings. The van der Waals surface area contributed by atoms with E-state index >= 15 is 0 Å².